The average Bonchev–Trinajstić information content (AvgIpc) is 3.40. The summed E-state index contributed by atoms with van der Waals surface area (Å²) in [6.45, 7) is 0. The Hall–Kier alpha value is -3.17. The van der Waals surface area contributed by atoms with E-state index < -0.39 is 19.7 Å². The molecule has 0 fully saturated rings. The summed E-state index contributed by atoms with van der Waals surface area (Å²) >= 11 is 0. The highest BCUT2D eigenvalue weighted by molar-refractivity contribution is 7.94. The average molecular weight is 413 g/mol. The van der Waals surface area contributed by atoms with Gasteiger partial charge in [0.2, 0.25) is 19.7 Å². The van der Waals surface area contributed by atoms with Crippen LogP contribution in [-0.2, 0) is 19.7 Å². The molecule has 0 saturated carbocycles. The van der Waals surface area contributed by atoms with E-state index in [1.165, 1.54) is 30.7 Å². The summed E-state index contributed by atoms with van der Waals surface area (Å²) in [7, 11) is -8.20. The quantitative estimate of drug-likeness (QED) is 0.522. The molecule has 28 heavy (non-hydrogen) atoms. The van der Waals surface area contributed by atoms with Gasteiger partial charge >= 0.3 is 0 Å². The zero-order valence-corrected chi connectivity index (χ0v) is 16.0. The van der Waals surface area contributed by atoms with Crippen molar-refractivity contribution in [3.8, 4) is 11.1 Å². The van der Waals surface area contributed by atoms with E-state index in [9.17, 15) is 16.8 Å². The van der Waals surface area contributed by atoms with E-state index in [0.29, 0.717) is 11.1 Å². The summed E-state index contributed by atoms with van der Waals surface area (Å²) in [4.78, 5) is 1.97. The van der Waals surface area contributed by atoms with Gasteiger partial charge in [-0.05, 0) is 17.7 Å². The van der Waals surface area contributed by atoms with Gasteiger partial charge in [0.1, 0.15) is 9.79 Å². The fourth-order valence-corrected chi connectivity index (χ4v) is 6.27. The van der Waals surface area contributed by atoms with Crippen LogP contribution in [0.2, 0.25) is 0 Å². The van der Waals surface area contributed by atoms with Crippen LogP contribution in [0.3, 0.4) is 0 Å². The summed E-state index contributed by atoms with van der Waals surface area (Å²) in [5.74, 6) is 0. The molecule has 9 heteroatoms. The molecule has 142 valence electrons. The van der Waals surface area contributed by atoms with Crippen LogP contribution in [0.25, 0.3) is 11.1 Å². The van der Waals surface area contributed by atoms with Gasteiger partial charge in [0.05, 0.1) is 11.1 Å². The van der Waals surface area contributed by atoms with Gasteiger partial charge < -0.3 is 4.98 Å². The Morgan fingerprint density at radius 3 is 1.93 bits per heavy atom. The number of aromatic nitrogens is 3. The number of sulfone groups is 2. The molecule has 0 saturated heterocycles. The number of nitrogens with one attached hydrogen (secondary N) is 2. The van der Waals surface area contributed by atoms with Gasteiger partial charge in [-0.25, -0.2) is 16.8 Å². The van der Waals surface area contributed by atoms with Crippen LogP contribution in [-0.4, -0.2) is 32.0 Å². The van der Waals surface area contributed by atoms with Crippen LogP contribution in [0.4, 0.5) is 0 Å². The molecular weight excluding hydrogens is 398 g/mol. The van der Waals surface area contributed by atoms with Crippen LogP contribution in [0.5, 0.6) is 0 Å². The molecule has 2 aromatic heterocycles. The first-order chi connectivity index (χ1) is 13.4. The lowest BCUT2D eigenvalue weighted by atomic mass is 10.1. The minimum absolute atomic E-state index is 0.0129. The highest BCUT2D eigenvalue weighted by Crippen LogP contribution is 2.34. The van der Waals surface area contributed by atoms with Gasteiger partial charge in [0.15, 0.2) is 5.03 Å². The summed E-state index contributed by atoms with van der Waals surface area (Å²) < 4.78 is 52.5. The molecule has 4 aromatic rings. The van der Waals surface area contributed by atoms with Crippen molar-refractivity contribution in [3.63, 3.8) is 0 Å². The van der Waals surface area contributed by atoms with Gasteiger partial charge in [0.25, 0.3) is 0 Å². The van der Waals surface area contributed by atoms with Crippen molar-refractivity contribution in [1.29, 1.82) is 0 Å². The highest BCUT2D eigenvalue weighted by Gasteiger charge is 2.32. The molecular formula is C19H15N3O4S2. The first kappa shape index (κ1) is 18.2. The molecule has 0 aliphatic rings. The Balaban J connectivity index is 1.87. The van der Waals surface area contributed by atoms with Gasteiger partial charge in [-0.2, -0.15) is 5.10 Å². The summed E-state index contributed by atoms with van der Waals surface area (Å²) in [5.41, 5.74) is 1.02. The topological polar surface area (TPSA) is 113 Å². The third-order valence-corrected chi connectivity index (χ3v) is 7.97. The first-order valence-corrected chi connectivity index (χ1v) is 11.2. The Kier molecular flexibility index (Phi) is 4.40. The Bertz CT molecular complexity index is 1320. The number of hydrogen-bond donors (Lipinski definition) is 2. The number of H-pyrrole nitrogens is 2. The third kappa shape index (κ3) is 2.94. The predicted molar refractivity (Wildman–Crippen MR) is 102 cm³/mol. The number of hydrogen-bond acceptors (Lipinski definition) is 5. The highest BCUT2D eigenvalue weighted by atomic mass is 32.2. The summed E-state index contributed by atoms with van der Waals surface area (Å²) in [5, 5.41) is 6.20. The minimum Gasteiger partial charge on any atom is -0.365 e. The van der Waals surface area contributed by atoms with E-state index in [0.717, 1.165) is 0 Å². The Labute approximate surface area is 161 Å². The molecule has 0 aliphatic heterocycles. The largest absolute Gasteiger partial charge is 0.365 e. The maximum atomic E-state index is 13.3. The van der Waals surface area contributed by atoms with E-state index in [1.807, 2.05) is 6.07 Å². The van der Waals surface area contributed by atoms with E-state index in [-0.39, 0.29) is 19.7 Å². The molecule has 4 rings (SSSR count). The van der Waals surface area contributed by atoms with Gasteiger partial charge in [-0.1, -0.05) is 48.5 Å². The zero-order chi connectivity index (χ0) is 19.8. The fraction of sp³-hybridized carbons (Fsp3) is 0. The molecule has 0 atom stereocenters. The fourth-order valence-electron chi connectivity index (χ4n) is 2.89. The number of aromatic amines is 2. The van der Waals surface area contributed by atoms with Crippen molar-refractivity contribution in [3.05, 3.63) is 79.3 Å². The summed E-state index contributed by atoms with van der Waals surface area (Å²) in [6, 6.07) is 16.6. The van der Waals surface area contributed by atoms with Crippen molar-refractivity contribution in [2.24, 2.45) is 0 Å². The second-order valence-electron chi connectivity index (χ2n) is 5.98. The number of nitrogens with zero attached hydrogens (tertiary/aromatic N) is 1. The van der Waals surface area contributed by atoms with Crippen molar-refractivity contribution in [1.82, 2.24) is 15.2 Å². The molecule has 0 spiro atoms. The van der Waals surface area contributed by atoms with Crippen LogP contribution < -0.4 is 0 Å². The number of benzene rings is 2. The van der Waals surface area contributed by atoms with Gasteiger partial charge in [-0.15, -0.1) is 0 Å². The molecule has 2 heterocycles. The molecule has 0 bridgehead atoms. The number of rotatable bonds is 5. The molecule has 2 N–H and O–H groups in total. The lowest BCUT2D eigenvalue weighted by molar-refractivity contribution is 0.581. The van der Waals surface area contributed by atoms with Crippen molar-refractivity contribution < 1.29 is 16.8 Å². The normalized spacial score (nSPS) is 12.1. The first-order valence-electron chi connectivity index (χ1n) is 8.23. The second-order valence-corrected chi connectivity index (χ2v) is 9.76. The van der Waals surface area contributed by atoms with E-state index in [4.69, 9.17) is 0 Å². The Morgan fingerprint density at radius 1 is 0.714 bits per heavy atom. The third-order valence-electron chi connectivity index (χ3n) is 4.26. The van der Waals surface area contributed by atoms with Gasteiger partial charge in [-0.3, -0.25) is 5.10 Å². The van der Waals surface area contributed by atoms with Crippen LogP contribution in [0.15, 0.2) is 99.0 Å². The monoisotopic (exact) mass is 413 g/mol. The van der Waals surface area contributed by atoms with Crippen LogP contribution >= 0.6 is 0 Å². The van der Waals surface area contributed by atoms with E-state index >= 15 is 0 Å². The zero-order valence-electron chi connectivity index (χ0n) is 14.4. The van der Waals surface area contributed by atoms with E-state index in [2.05, 4.69) is 15.2 Å². The van der Waals surface area contributed by atoms with Crippen molar-refractivity contribution >= 4 is 19.7 Å². The molecule has 0 radical (unpaired) electrons. The van der Waals surface area contributed by atoms with Gasteiger partial charge in [0, 0.05) is 18.0 Å². The van der Waals surface area contributed by atoms with Crippen molar-refractivity contribution in [2.45, 2.75) is 19.7 Å². The molecule has 7 nitrogen and oxygen atoms in total. The van der Waals surface area contributed by atoms with E-state index in [1.54, 1.807) is 42.5 Å². The molecule has 2 aromatic carbocycles. The predicted octanol–water partition coefficient (Wildman–Crippen LogP) is 3.07. The van der Waals surface area contributed by atoms with Crippen LogP contribution in [0.1, 0.15) is 0 Å². The standard InChI is InChI=1S/C19H15N3O4S2/c23-27(24,15-9-5-2-6-10-15)17-12-20-13-18(17)28(25,26)19-16(11-21-22-19)14-7-3-1-4-8-14/h1-13,20H,(H,21,22). The maximum absolute atomic E-state index is 13.3. The molecule has 0 aliphatic carbocycles. The summed E-state index contributed by atoms with van der Waals surface area (Å²) in [6.07, 6.45) is 3.74. The SMILES string of the molecule is O=S(=O)(c1ccccc1)c1c[nH]cc1S(=O)(=O)c1[nH]ncc1-c1ccccc1. The Morgan fingerprint density at radius 2 is 1.29 bits per heavy atom. The minimum atomic E-state index is -4.18. The lowest BCUT2D eigenvalue weighted by Gasteiger charge is -2.08. The second kappa shape index (κ2) is 6.77. The molecule has 0 unspecified atom stereocenters. The van der Waals surface area contributed by atoms with Crippen molar-refractivity contribution in [2.75, 3.05) is 0 Å². The lowest BCUT2D eigenvalue weighted by Crippen LogP contribution is -2.10. The molecule has 0 amide bonds. The maximum Gasteiger partial charge on any atom is 0.226 e. The smallest absolute Gasteiger partial charge is 0.226 e. The van der Waals surface area contributed by atoms with Crippen LogP contribution in [0, 0.1) is 0 Å².